The molecule has 2 heteroatoms. The van der Waals surface area contributed by atoms with E-state index in [1.807, 2.05) is 0 Å². The Morgan fingerprint density at radius 1 is 1.38 bits per heavy atom. The lowest BCUT2D eigenvalue weighted by Crippen LogP contribution is -2.38. The Morgan fingerprint density at radius 3 is 2.62 bits per heavy atom. The SMILES string of the molecule is CCCNC(CCC(C)(C)C)C1CCCS1. The predicted molar refractivity (Wildman–Crippen MR) is 76.3 cm³/mol. The van der Waals surface area contributed by atoms with Gasteiger partial charge in [0.25, 0.3) is 0 Å². The largest absolute Gasteiger partial charge is 0.313 e. The first-order chi connectivity index (χ1) is 7.53. The highest BCUT2D eigenvalue weighted by atomic mass is 32.2. The molecule has 0 spiro atoms. The summed E-state index contributed by atoms with van der Waals surface area (Å²) in [6, 6.07) is 0.756. The summed E-state index contributed by atoms with van der Waals surface area (Å²) >= 11 is 2.19. The van der Waals surface area contributed by atoms with E-state index in [0.29, 0.717) is 5.41 Å². The highest BCUT2D eigenvalue weighted by Crippen LogP contribution is 2.32. The summed E-state index contributed by atoms with van der Waals surface area (Å²) in [7, 11) is 0. The van der Waals surface area contributed by atoms with Gasteiger partial charge in [-0.3, -0.25) is 0 Å². The zero-order valence-corrected chi connectivity index (χ0v) is 12.3. The van der Waals surface area contributed by atoms with Crippen LogP contribution in [0.3, 0.4) is 0 Å². The van der Waals surface area contributed by atoms with Crippen LogP contribution in [0.15, 0.2) is 0 Å². The maximum atomic E-state index is 3.76. The lowest BCUT2D eigenvalue weighted by atomic mass is 9.87. The molecule has 1 N–H and O–H groups in total. The van der Waals surface area contributed by atoms with E-state index in [1.165, 1.54) is 44.4 Å². The molecule has 96 valence electrons. The molecule has 1 nitrogen and oxygen atoms in total. The van der Waals surface area contributed by atoms with Gasteiger partial charge in [-0.2, -0.15) is 11.8 Å². The molecule has 2 atom stereocenters. The smallest absolute Gasteiger partial charge is 0.0201 e. The van der Waals surface area contributed by atoms with Crippen molar-refractivity contribution < 1.29 is 0 Å². The van der Waals surface area contributed by atoms with Gasteiger partial charge in [0.1, 0.15) is 0 Å². The van der Waals surface area contributed by atoms with Crippen LogP contribution in [-0.2, 0) is 0 Å². The molecular formula is C14H29NS. The van der Waals surface area contributed by atoms with Crippen molar-refractivity contribution in [3.8, 4) is 0 Å². The van der Waals surface area contributed by atoms with E-state index < -0.39 is 0 Å². The first-order valence-corrected chi connectivity index (χ1v) is 7.93. The second-order valence-corrected chi connectivity index (χ2v) is 7.56. The van der Waals surface area contributed by atoms with Gasteiger partial charge in [-0.15, -0.1) is 0 Å². The average molecular weight is 243 g/mol. The van der Waals surface area contributed by atoms with Gasteiger partial charge in [0.2, 0.25) is 0 Å². The van der Waals surface area contributed by atoms with Crippen molar-refractivity contribution in [2.24, 2.45) is 5.41 Å². The fourth-order valence-corrected chi connectivity index (χ4v) is 3.69. The van der Waals surface area contributed by atoms with Gasteiger partial charge >= 0.3 is 0 Å². The molecule has 1 heterocycles. The lowest BCUT2D eigenvalue weighted by Gasteiger charge is -2.27. The zero-order valence-electron chi connectivity index (χ0n) is 11.5. The number of thioether (sulfide) groups is 1. The van der Waals surface area contributed by atoms with E-state index in [-0.39, 0.29) is 0 Å². The maximum absolute atomic E-state index is 3.76. The van der Waals surface area contributed by atoms with Gasteiger partial charge in [0.05, 0.1) is 0 Å². The Hall–Kier alpha value is 0.310. The molecule has 1 saturated heterocycles. The second kappa shape index (κ2) is 6.90. The third kappa shape index (κ3) is 5.58. The van der Waals surface area contributed by atoms with Gasteiger partial charge in [0, 0.05) is 11.3 Å². The van der Waals surface area contributed by atoms with Crippen molar-refractivity contribution in [2.45, 2.75) is 71.1 Å². The van der Waals surface area contributed by atoms with Crippen LogP contribution in [0, 0.1) is 5.41 Å². The Bertz CT molecular complexity index is 180. The number of hydrogen-bond donors (Lipinski definition) is 1. The number of nitrogens with one attached hydrogen (secondary N) is 1. The minimum atomic E-state index is 0.482. The zero-order chi connectivity index (χ0) is 12.0. The Kier molecular flexibility index (Phi) is 6.20. The van der Waals surface area contributed by atoms with Crippen LogP contribution in [0.1, 0.15) is 59.8 Å². The topological polar surface area (TPSA) is 12.0 Å². The van der Waals surface area contributed by atoms with Crippen LogP contribution in [0.2, 0.25) is 0 Å². The quantitative estimate of drug-likeness (QED) is 0.754. The number of hydrogen-bond acceptors (Lipinski definition) is 2. The molecule has 0 bridgehead atoms. The first-order valence-electron chi connectivity index (χ1n) is 6.88. The molecule has 1 aliphatic heterocycles. The molecule has 1 aliphatic rings. The van der Waals surface area contributed by atoms with Gasteiger partial charge in [0.15, 0.2) is 0 Å². The molecule has 0 saturated carbocycles. The molecule has 0 aromatic heterocycles. The van der Waals surface area contributed by atoms with E-state index >= 15 is 0 Å². The van der Waals surface area contributed by atoms with E-state index in [2.05, 4.69) is 44.8 Å². The van der Waals surface area contributed by atoms with Gasteiger partial charge in [-0.1, -0.05) is 27.7 Å². The normalized spacial score (nSPS) is 23.6. The van der Waals surface area contributed by atoms with Gasteiger partial charge in [-0.05, 0) is 49.8 Å². The molecule has 16 heavy (non-hydrogen) atoms. The molecule has 0 amide bonds. The maximum Gasteiger partial charge on any atom is 0.0201 e. The molecular weight excluding hydrogens is 214 g/mol. The standard InChI is InChI=1S/C14H29NS/c1-5-10-15-12(8-9-14(2,3)4)13-7-6-11-16-13/h12-13,15H,5-11H2,1-4H3. The summed E-state index contributed by atoms with van der Waals surface area (Å²) in [6.45, 7) is 10.5. The van der Waals surface area contributed by atoms with E-state index in [1.54, 1.807) is 0 Å². The summed E-state index contributed by atoms with van der Waals surface area (Å²) in [5.74, 6) is 1.38. The molecule has 0 aromatic rings. The second-order valence-electron chi connectivity index (χ2n) is 6.21. The Morgan fingerprint density at radius 2 is 2.12 bits per heavy atom. The Balaban J connectivity index is 2.36. The highest BCUT2D eigenvalue weighted by Gasteiger charge is 2.26. The summed E-state index contributed by atoms with van der Waals surface area (Å²) in [4.78, 5) is 0. The molecule has 0 aromatic carbocycles. The fraction of sp³-hybridized carbons (Fsp3) is 1.00. The van der Waals surface area contributed by atoms with Crippen molar-refractivity contribution in [3.05, 3.63) is 0 Å². The molecule has 2 unspecified atom stereocenters. The first kappa shape index (κ1) is 14.4. The minimum Gasteiger partial charge on any atom is -0.313 e. The van der Waals surface area contributed by atoms with Crippen LogP contribution in [0.4, 0.5) is 0 Å². The van der Waals surface area contributed by atoms with Crippen LogP contribution in [0.25, 0.3) is 0 Å². The average Bonchev–Trinajstić information content (AvgIpc) is 2.69. The summed E-state index contributed by atoms with van der Waals surface area (Å²) in [5.41, 5.74) is 0.482. The minimum absolute atomic E-state index is 0.482. The predicted octanol–water partition coefficient (Wildman–Crippen LogP) is 4.08. The van der Waals surface area contributed by atoms with Crippen LogP contribution < -0.4 is 5.32 Å². The highest BCUT2D eigenvalue weighted by molar-refractivity contribution is 8.00. The molecule has 0 radical (unpaired) electrons. The molecule has 1 fully saturated rings. The fourth-order valence-electron chi connectivity index (χ4n) is 2.26. The van der Waals surface area contributed by atoms with E-state index in [0.717, 1.165) is 11.3 Å². The van der Waals surface area contributed by atoms with Gasteiger partial charge in [-0.25, -0.2) is 0 Å². The third-order valence-corrected chi connectivity index (χ3v) is 4.79. The van der Waals surface area contributed by atoms with Crippen molar-refractivity contribution in [1.82, 2.24) is 5.32 Å². The van der Waals surface area contributed by atoms with E-state index in [9.17, 15) is 0 Å². The van der Waals surface area contributed by atoms with E-state index in [4.69, 9.17) is 0 Å². The monoisotopic (exact) mass is 243 g/mol. The third-order valence-electron chi connectivity index (χ3n) is 3.28. The van der Waals surface area contributed by atoms with Crippen LogP contribution in [-0.4, -0.2) is 23.6 Å². The summed E-state index contributed by atoms with van der Waals surface area (Å²) < 4.78 is 0. The molecule has 1 rings (SSSR count). The van der Waals surface area contributed by atoms with Crippen molar-refractivity contribution in [3.63, 3.8) is 0 Å². The van der Waals surface area contributed by atoms with Crippen molar-refractivity contribution in [2.75, 3.05) is 12.3 Å². The molecule has 0 aliphatic carbocycles. The van der Waals surface area contributed by atoms with Gasteiger partial charge < -0.3 is 5.32 Å². The summed E-state index contributed by atoms with van der Waals surface area (Å²) in [5, 5.41) is 4.65. The van der Waals surface area contributed by atoms with Crippen LogP contribution >= 0.6 is 11.8 Å². The van der Waals surface area contributed by atoms with Crippen LogP contribution in [0.5, 0.6) is 0 Å². The lowest BCUT2D eigenvalue weighted by molar-refractivity contribution is 0.325. The van der Waals surface area contributed by atoms with Crippen molar-refractivity contribution in [1.29, 1.82) is 0 Å². The van der Waals surface area contributed by atoms with Crippen molar-refractivity contribution >= 4 is 11.8 Å². The number of rotatable bonds is 6. The summed E-state index contributed by atoms with van der Waals surface area (Å²) in [6.07, 6.45) is 6.79. The Labute approximate surface area is 106 Å².